The Hall–Kier alpha value is -0.670. The van der Waals surface area contributed by atoms with Crippen molar-refractivity contribution in [1.29, 1.82) is 0 Å². The predicted octanol–water partition coefficient (Wildman–Crippen LogP) is 1.67. The molecule has 1 aromatic heterocycles. The highest BCUT2D eigenvalue weighted by Gasteiger charge is 2.13. The van der Waals surface area contributed by atoms with Crippen LogP contribution in [0.25, 0.3) is 0 Å². The molecule has 1 aliphatic rings. The summed E-state index contributed by atoms with van der Waals surface area (Å²) in [5.41, 5.74) is 1.04. The van der Waals surface area contributed by atoms with Crippen LogP contribution in [0.2, 0.25) is 5.15 Å². The maximum Gasteiger partial charge on any atom is 0.147 e. The van der Waals surface area contributed by atoms with Crippen molar-refractivity contribution >= 4 is 11.6 Å². The van der Waals surface area contributed by atoms with Crippen LogP contribution in [0.15, 0.2) is 12.4 Å². The summed E-state index contributed by atoms with van der Waals surface area (Å²) >= 11 is 5.67. The fourth-order valence-corrected chi connectivity index (χ4v) is 1.94. The third kappa shape index (κ3) is 2.66. The summed E-state index contributed by atoms with van der Waals surface area (Å²) in [7, 11) is 0. The minimum absolute atomic E-state index is 0.468. The lowest BCUT2D eigenvalue weighted by molar-refractivity contribution is 0.373. The molecule has 1 saturated heterocycles. The van der Waals surface area contributed by atoms with E-state index in [1.54, 1.807) is 12.4 Å². The van der Waals surface area contributed by atoms with Crippen molar-refractivity contribution in [1.82, 2.24) is 15.3 Å². The lowest BCUT2D eigenvalue weighted by Crippen LogP contribution is -2.31. The van der Waals surface area contributed by atoms with Gasteiger partial charge in [0, 0.05) is 0 Å². The topological polar surface area (TPSA) is 37.8 Å². The van der Waals surface area contributed by atoms with E-state index in [-0.39, 0.29) is 0 Å². The number of nitrogens with one attached hydrogen (secondary N) is 1. The summed E-state index contributed by atoms with van der Waals surface area (Å²) in [5, 5.41) is 3.86. The molecule has 0 saturated carbocycles. The molecular formula is C10H14ClN3. The van der Waals surface area contributed by atoms with Crippen LogP contribution in [0.1, 0.15) is 18.5 Å². The second-order valence-electron chi connectivity index (χ2n) is 3.75. The van der Waals surface area contributed by atoms with E-state index >= 15 is 0 Å². The molecule has 2 rings (SSSR count). The summed E-state index contributed by atoms with van der Waals surface area (Å²) in [6, 6.07) is 0. The molecule has 1 aromatic rings. The number of rotatable bonds is 2. The van der Waals surface area contributed by atoms with Crippen LogP contribution in [-0.2, 0) is 6.42 Å². The van der Waals surface area contributed by atoms with Crippen molar-refractivity contribution in [3.8, 4) is 0 Å². The summed E-state index contributed by atoms with van der Waals surface area (Å²) < 4.78 is 0. The molecule has 0 unspecified atom stereocenters. The first kappa shape index (κ1) is 9.87. The Morgan fingerprint density at radius 3 is 3.00 bits per heavy atom. The van der Waals surface area contributed by atoms with Crippen LogP contribution < -0.4 is 5.32 Å². The highest BCUT2D eigenvalue weighted by atomic mass is 35.5. The normalized spacial score (nSPS) is 22.2. The van der Waals surface area contributed by atoms with E-state index in [0.29, 0.717) is 11.1 Å². The molecule has 0 aromatic carbocycles. The van der Waals surface area contributed by atoms with Crippen LogP contribution in [0.3, 0.4) is 0 Å². The van der Waals surface area contributed by atoms with Crippen molar-refractivity contribution < 1.29 is 0 Å². The first-order chi connectivity index (χ1) is 6.84. The Kier molecular flexibility index (Phi) is 3.32. The molecule has 1 aliphatic heterocycles. The molecule has 0 spiro atoms. The summed E-state index contributed by atoms with van der Waals surface area (Å²) in [4.78, 5) is 8.28. The lowest BCUT2D eigenvalue weighted by atomic mass is 9.95. The first-order valence-electron chi connectivity index (χ1n) is 5.02. The second kappa shape index (κ2) is 4.71. The Morgan fingerprint density at radius 2 is 2.36 bits per heavy atom. The van der Waals surface area contributed by atoms with Gasteiger partial charge in [0.25, 0.3) is 0 Å². The van der Waals surface area contributed by atoms with Crippen LogP contribution in [0.5, 0.6) is 0 Å². The highest BCUT2D eigenvalue weighted by molar-refractivity contribution is 6.29. The third-order valence-corrected chi connectivity index (χ3v) is 2.77. The van der Waals surface area contributed by atoms with Crippen molar-refractivity contribution in [3.05, 3.63) is 23.2 Å². The molecule has 14 heavy (non-hydrogen) atoms. The third-order valence-electron chi connectivity index (χ3n) is 2.57. The number of hydrogen-bond donors (Lipinski definition) is 1. The standard InChI is InChI=1S/C10H14ClN3/c11-10-7-13-9(6-14-10)4-8-2-1-3-12-5-8/h6-8,12H,1-5H2/t8-/m0/s1. The van der Waals surface area contributed by atoms with E-state index in [9.17, 15) is 0 Å². The van der Waals surface area contributed by atoms with Gasteiger partial charge in [-0.05, 0) is 38.3 Å². The van der Waals surface area contributed by atoms with Gasteiger partial charge in [0.05, 0.1) is 18.1 Å². The largest absolute Gasteiger partial charge is 0.316 e. The summed E-state index contributed by atoms with van der Waals surface area (Å²) in [6.45, 7) is 2.26. The van der Waals surface area contributed by atoms with Gasteiger partial charge >= 0.3 is 0 Å². The van der Waals surface area contributed by atoms with Gasteiger partial charge in [-0.2, -0.15) is 0 Å². The zero-order valence-electron chi connectivity index (χ0n) is 8.04. The molecule has 1 N–H and O–H groups in total. The van der Waals surface area contributed by atoms with E-state index < -0.39 is 0 Å². The number of nitrogens with zero attached hydrogens (tertiary/aromatic N) is 2. The Labute approximate surface area is 88.9 Å². The van der Waals surface area contributed by atoms with Crippen LogP contribution in [-0.4, -0.2) is 23.1 Å². The number of aromatic nitrogens is 2. The zero-order chi connectivity index (χ0) is 9.80. The van der Waals surface area contributed by atoms with Crippen molar-refractivity contribution in [2.24, 2.45) is 5.92 Å². The Balaban J connectivity index is 1.92. The minimum Gasteiger partial charge on any atom is -0.316 e. The highest BCUT2D eigenvalue weighted by Crippen LogP contribution is 2.15. The maximum absolute atomic E-state index is 5.67. The lowest BCUT2D eigenvalue weighted by Gasteiger charge is -2.21. The van der Waals surface area contributed by atoms with Gasteiger partial charge in [-0.3, -0.25) is 4.98 Å². The van der Waals surface area contributed by atoms with Gasteiger partial charge in [-0.15, -0.1) is 0 Å². The van der Waals surface area contributed by atoms with Crippen LogP contribution >= 0.6 is 11.6 Å². The average molecular weight is 212 g/mol. The molecule has 1 atom stereocenters. The van der Waals surface area contributed by atoms with Crippen molar-refractivity contribution in [3.63, 3.8) is 0 Å². The average Bonchev–Trinajstić information content (AvgIpc) is 2.23. The fourth-order valence-electron chi connectivity index (χ4n) is 1.84. The fraction of sp³-hybridized carbons (Fsp3) is 0.600. The van der Waals surface area contributed by atoms with E-state index in [4.69, 9.17) is 11.6 Å². The molecule has 2 heterocycles. The smallest absolute Gasteiger partial charge is 0.147 e. The van der Waals surface area contributed by atoms with Gasteiger partial charge in [0.15, 0.2) is 0 Å². The first-order valence-corrected chi connectivity index (χ1v) is 5.39. The molecule has 3 nitrogen and oxygen atoms in total. The molecule has 0 aliphatic carbocycles. The quantitative estimate of drug-likeness (QED) is 0.809. The van der Waals surface area contributed by atoms with E-state index in [0.717, 1.165) is 25.2 Å². The number of piperidine rings is 1. The Morgan fingerprint density at radius 1 is 1.43 bits per heavy atom. The maximum atomic E-state index is 5.67. The zero-order valence-corrected chi connectivity index (χ0v) is 8.80. The molecule has 0 amide bonds. The number of hydrogen-bond acceptors (Lipinski definition) is 3. The van der Waals surface area contributed by atoms with Gasteiger partial charge in [0.1, 0.15) is 5.15 Å². The van der Waals surface area contributed by atoms with Gasteiger partial charge in [-0.1, -0.05) is 11.6 Å². The van der Waals surface area contributed by atoms with Crippen molar-refractivity contribution in [2.75, 3.05) is 13.1 Å². The minimum atomic E-state index is 0.468. The van der Waals surface area contributed by atoms with Gasteiger partial charge < -0.3 is 5.32 Å². The van der Waals surface area contributed by atoms with Crippen molar-refractivity contribution in [2.45, 2.75) is 19.3 Å². The van der Waals surface area contributed by atoms with E-state index in [1.165, 1.54) is 12.8 Å². The number of halogens is 1. The molecular weight excluding hydrogens is 198 g/mol. The molecule has 0 bridgehead atoms. The van der Waals surface area contributed by atoms with Gasteiger partial charge in [-0.25, -0.2) is 4.98 Å². The van der Waals surface area contributed by atoms with Crippen LogP contribution in [0, 0.1) is 5.92 Å². The SMILES string of the molecule is Clc1cnc(C[C@@H]2CCCNC2)cn1. The van der Waals surface area contributed by atoms with E-state index in [2.05, 4.69) is 15.3 Å². The Bertz CT molecular complexity index is 280. The van der Waals surface area contributed by atoms with Gasteiger partial charge in [0.2, 0.25) is 0 Å². The molecule has 4 heteroatoms. The summed E-state index contributed by atoms with van der Waals surface area (Å²) in [6.07, 6.45) is 6.96. The molecule has 76 valence electrons. The molecule has 0 radical (unpaired) electrons. The second-order valence-corrected chi connectivity index (χ2v) is 4.13. The van der Waals surface area contributed by atoms with E-state index in [1.807, 2.05) is 0 Å². The monoisotopic (exact) mass is 211 g/mol. The predicted molar refractivity (Wildman–Crippen MR) is 56.3 cm³/mol. The molecule has 1 fully saturated rings. The van der Waals surface area contributed by atoms with Crippen LogP contribution in [0.4, 0.5) is 0 Å². The summed E-state index contributed by atoms with van der Waals surface area (Å²) in [5.74, 6) is 0.708.